The van der Waals surface area contributed by atoms with Crippen molar-refractivity contribution >= 4 is 34.7 Å². The lowest BCUT2D eigenvalue weighted by Gasteiger charge is -2.26. The molecule has 1 atom stereocenters. The molecule has 0 bridgehead atoms. The molecule has 4 aromatic rings. The number of anilines is 1. The molecule has 1 aliphatic rings. The molecule has 8 heteroatoms. The van der Waals surface area contributed by atoms with Gasteiger partial charge in [0, 0.05) is 11.3 Å². The number of carbonyl (C=O) groups is 2. The van der Waals surface area contributed by atoms with Crippen molar-refractivity contribution in [3.8, 4) is 17.2 Å². The van der Waals surface area contributed by atoms with Crippen LogP contribution >= 0.6 is 11.6 Å². The summed E-state index contributed by atoms with van der Waals surface area (Å²) in [5.41, 5.74) is 2.89. The Balaban J connectivity index is 1.57. The number of aliphatic hydroxyl groups is 1. The third kappa shape index (κ3) is 5.11. The Hall–Kier alpha value is -4.75. The standard InChI is InChI=1S/C32H26ClNO6/c1-19-16-22(9-15-27(19)40-18-20-6-4-3-5-7-20)30(36)28-29(21-8-14-26(35)25(33)17-21)34(32(38)31(28)37)23-10-12-24(39-2)13-11-23/h3-17,29,35-36H,18H2,1-2H3/b30-28-. The van der Waals surface area contributed by atoms with Gasteiger partial charge < -0.3 is 19.7 Å². The van der Waals surface area contributed by atoms with Gasteiger partial charge in [-0.25, -0.2) is 0 Å². The van der Waals surface area contributed by atoms with Gasteiger partial charge in [0.1, 0.15) is 29.6 Å². The van der Waals surface area contributed by atoms with Gasteiger partial charge in [0.2, 0.25) is 0 Å². The maximum absolute atomic E-state index is 13.4. The minimum absolute atomic E-state index is 0.0496. The van der Waals surface area contributed by atoms with E-state index >= 15 is 0 Å². The first-order chi connectivity index (χ1) is 19.3. The number of phenols is 1. The molecule has 0 radical (unpaired) electrons. The zero-order valence-corrected chi connectivity index (χ0v) is 22.6. The Bertz CT molecular complexity index is 1610. The topological polar surface area (TPSA) is 96.3 Å². The van der Waals surface area contributed by atoms with Crippen molar-refractivity contribution in [2.24, 2.45) is 0 Å². The SMILES string of the molecule is COc1ccc(N2C(=O)C(=O)/C(=C(\O)c3ccc(OCc4ccccc4)c(C)c3)C2c2ccc(O)c(Cl)c2)cc1. The molecule has 1 saturated heterocycles. The van der Waals surface area contributed by atoms with Gasteiger partial charge in [-0.1, -0.05) is 48.0 Å². The smallest absolute Gasteiger partial charge is 0.300 e. The Labute approximate surface area is 236 Å². The highest BCUT2D eigenvalue weighted by atomic mass is 35.5. The summed E-state index contributed by atoms with van der Waals surface area (Å²) in [4.78, 5) is 28.1. The fourth-order valence-electron chi connectivity index (χ4n) is 4.70. The number of benzene rings is 4. The highest BCUT2D eigenvalue weighted by molar-refractivity contribution is 6.51. The summed E-state index contributed by atoms with van der Waals surface area (Å²) in [6, 6.07) is 24.9. The number of halogens is 1. The van der Waals surface area contributed by atoms with Crippen LogP contribution in [0, 0.1) is 6.92 Å². The van der Waals surface area contributed by atoms with Crippen molar-refractivity contribution in [2.45, 2.75) is 19.6 Å². The van der Waals surface area contributed by atoms with Gasteiger partial charge in [-0.2, -0.15) is 0 Å². The number of aryl methyl sites for hydroxylation is 1. The number of methoxy groups -OCH3 is 1. The number of ether oxygens (including phenoxy) is 2. The van der Waals surface area contributed by atoms with E-state index in [4.69, 9.17) is 21.1 Å². The van der Waals surface area contributed by atoms with Crippen LogP contribution in [-0.4, -0.2) is 29.0 Å². The van der Waals surface area contributed by atoms with E-state index in [1.165, 1.54) is 24.1 Å². The first-order valence-electron chi connectivity index (χ1n) is 12.5. The minimum Gasteiger partial charge on any atom is -0.507 e. The maximum atomic E-state index is 13.4. The summed E-state index contributed by atoms with van der Waals surface area (Å²) < 4.78 is 11.2. The van der Waals surface area contributed by atoms with Gasteiger partial charge in [-0.15, -0.1) is 0 Å². The molecule has 5 rings (SSSR count). The van der Waals surface area contributed by atoms with Gasteiger partial charge >= 0.3 is 0 Å². The molecular weight excluding hydrogens is 530 g/mol. The molecule has 1 unspecified atom stereocenters. The van der Waals surface area contributed by atoms with E-state index in [0.29, 0.717) is 34.9 Å². The second-order valence-corrected chi connectivity index (χ2v) is 9.74. The molecule has 7 nitrogen and oxygen atoms in total. The fraction of sp³-hybridized carbons (Fsp3) is 0.125. The predicted octanol–water partition coefficient (Wildman–Crippen LogP) is 6.57. The van der Waals surface area contributed by atoms with Crippen molar-refractivity contribution < 1.29 is 29.3 Å². The Morgan fingerprint density at radius 2 is 1.68 bits per heavy atom. The molecule has 202 valence electrons. The summed E-state index contributed by atoms with van der Waals surface area (Å²) in [7, 11) is 1.53. The van der Waals surface area contributed by atoms with E-state index in [1.807, 2.05) is 37.3 Å². The average molecular weight is 556 g/mol. The molecule has 40 heavy (non-hydrogen) atoms. The molecule has 4 aromatic carbocycles. The van der Waals surface area contributed by atoms with Crippen LogP contribution < -0.4 is 14.4 Å². The van der Waals surface area contributed by atoms with Crippen LogP contribution in [0.5, 0.6) is 17.2 Å². The summed E-state index contributed by atoms with van der Waals surface area (Å²) in [5.74, 6) is -0.921. The minimum atomic E-state index is -0.999. The third-order valence-electron chi connectivity index (χ3n) is 6.77. The zero-order valence-electron chi connectivity index (χ0n) is 21.8. The number of nitrogens with zero attached hydrogens (tertiary/aromatic N) is 1. The van der Waals surface area contributed by atoms with E-state index < -0.39 is 17.7 Å². The van der Waals surface area contributed by atoms with Gasteiger partial charge in [-0.3, -0.25) is 14.5 Å². The molecular formula is C32H26ClNO6. The molecule has 0 aromatic heterocycles. The molecule has 1 amide bonds. The van der Waals surface area contributed by atoms with Crippen molar-refractivity contribution in [3.05, 3.63) is 124 Å². The monoisotopic (exact) mass is 555 g/mol. The molecule has 1 aliphatic heterocycles. The molecule has 2 N–H and O–H groups in total. The number of carbonyl (C=O) groups excluding carboxylic acids is 2. The number of rotatable bonds is 7. The van der Waals surface area contributed by atoms with E-state index in [9.17, 15) is 19.8 Å². The Morgan fingerprint density at radius 1 is 0.950 bits per heavy atom. The number of amides is 1. The molecule has 0 saturated carbocycles. The van der Waals surface area contributed by atoms with Crippen LogP contribution in [0.4, 0.5) is 5.69 Å². The largest absolute Gasteiger partial charge is 0.507 e. The lowest BCUT2D eigenvalue weighted by atomic mass is 9.94. The highest BCUT2D eigenvalue weighted by Crippen LogP contribution is 2.44. The number of hydrogen-bond donors (Lipinski definition) is 2. The van der Waals surface area contributed by atoms with E-state index in [1.54, 1.807) is 48.5 Å². The van der Waals surface area contributed by atoms with E-state index in [-0.39, 0.29) is 22.1 Å². The van der Waals surface area contributed by atoms with Gasteiger partial charge in [0.25, 0.3) is 11.7 Å². The van der Waals surface area contributed by atoms with E-state index in [0.717, 1.165) is 11.1 Å². The van der Waals surface area contributed by atoms with Crippen LogP contribution in [0.3, 0.4) is 0 Å². The summed E-state index contributed by atoms with van der Waals surface area (Å²) in [5, 5.41) is 21.5. The number of aliphatic hydroxyl groups excluding tert-OH is 1. The van der Waals surface area contributed by atoms with E-state index in [2.05, 4.69) is 0 Å². The number of Topliss-reactive ketones (excluding diaryl/α,β-unsaturated/α-hetero) is 1. The third-order valence-corrected chi connectivity index (χ3v) is 7.07. The number of phenolic OH excluding ortho intramolecular Hbond substituents is 1. The fourth-order valence-corrected chi connectivity index (χ4v) is 4.89. The molecule has 0 aliphatic carbocycles. The highest BCUT2D eigenvalue weighted by Gasteiger charge is 2.47. The second kappa shape index (κ2) is 11.2. The number of hydrogen-bond acceptors (Lipinski definition) is 6. The van der Waals surface area contributed by atoms with Gasteiger partial charge in [0.05, 0.1) is 23.7 Å². The van der Waals surface area contributed by atoms with Crippen molar-refractivity contribution in [1.29, 1.82) is 0 Å². The van der Waals surface area contributed by atoms with Crippen LogP contribution in [0.2, 0.25) is 5.02 Å². The molecule has 1 heterocycles. The molecule has 1 fully saturated rings. The lowest BCUT2D eigenvalue weighted by molar-refractivity contribution is -0.132. The number of aromatic hydroxyl groups is 1. The average Bonchev–Trinajstić information content (AvgIpc) is 3.24. The van der Waals surface area contributed by atoms with Crippen molar-refractivity contribution in [3.63, 3.8) is 0 Å². The second-order valence-electron chi connectivity index (χ2n) is 9.33. The normalized spacial score (nSPS) is 16.3. The zero-order chi connectivity index (χ0) is 28.4. The maximum Gasteiger partial charge on any atom is 0.300 e. The van der Waals surface area contributed by atoms with Crippen LogP contribution in [0.15, 0.2) is 96.6 Å². The summed E-state index contributed by atoms with van der Waals surface area (Å²) in [6.07, 6.45) is 0. The van der Waals surface area contributed by atoms with Crippen molar-refractivity contribution in [1.82, 2.24) is 0 Å². The molecule has 0 spiro atoms. The summed E-state index contributed by atoms with van der Waals surface area (Å²) in [6.45, 7) is 2.21. The quantitative estimate of drug-likeness (QED) is 0.152. The van der Waals surface area contributed by atoms with Crippen LogP contribution in [0.1, 0.15) is 28.3 Å². The van der Waals surface area contributed by atoms with Crippen LogP contribution in [0.25, 0.3) is 5.76 Å². The Kier molecular flexibility index (Phi) is 7.49. The first-order valence-corrected chi connectivity index (χ1v) is 12.9. The lowest BCUT2D eigenvalue weighted by Crippen LogP contribution is -2.29. The Morgan fingerprint density at radius 3 is 2.33 bits per heavy atom. The number of ketones is 1. The summed E-state index contributed by atoms with van der Waals surface area (Å²) >= 11 is 6.21. The van der Waals surface area contributed by atoms with Crippen molar-refractivity contribution in [2.75, 3.05) is 12.0 Å². The van der Waals surface area contributed by atoms with Crippen LogP contribution in [-0.2, 0) is 16.2 Å². The van der Waals surface area contributed by atoms with Gasteiger partial charge in [0.15, 0.2) is 0 Å². The van der Waals surface area contributed by atoms with Gasteiger partial charge in [-0.05, 0) is 78.2 Å². The first kappa shape index (κ1) is 26.8. The predicted molar refractivity (Wildman–Crippen MR) is 153 cm³/mol.